The molecule has 2 bridgehead atoms. The Morgan fingerprint density at radius 3 is 2.28 bits per heavy atom. The van der Waals surface area contributed by atoms with Gasteiger partial charge in [0.15, 0.2) is 0 Å². The van der Waals surface area contributed by atoms with Crippen LogP contribution < -0.4 is 5.32 Å². The first-order valence-electron chi connectivity index (χ1n) is 10.3. The van der Waals surface area contributed by atoms with Crippen molar-refractivity contribution in [1.29, 1.82) is 0 Å². The van der Waals surface area contributed by atoms with Crippen LogP contribution in [0.25, 0.3) is 0 Å². The lowest BCUT2D eigenvalue weighted by atomic mass is 9.64. The van der Waals surface area contributed by atoms with E-state index in [4.69, 9.17) is 28.0 Å². The van der Waals surface area contributed by atoms with E-state index in [1.54, 1.807) is 42.5 Å². The third-order valence-electron chi connectivity index (χ3n) is 7.69. The molecule has 0 radical (unpaired) electrons. The molecule has 2 aliphatic rings. The number of carbonyl (C=O) groups excluding carboxylic acids is 2. The van der Waals surface area contributed by atoms with Gasteiger partial charge in [-0.05, 0) is 54.7 Å². The van der Waals surface area contributed by atoms with Gasteiger partial charge in [-0.2, -0.15) is 0 Å². The van der Waals surface area contributed by atoms with E-state index in [2.05, 4.69) is 47.2 Å². The molecule has 2 atom stereocenters. The maximum Gasteiger partial charge on any atom is 0.365 e. The zero-order valence-electron chi connectivity index (χ0n) is 18.0. The molecule has 4 rings (SSSR count). The summed E-state index contributed by atoms with van der Waals surface area (Å²) in [4.78, 5) is 31.4. The fraction of sp³-hybridized carbons (Fsp3) is 0.375. The largest absolute Gasteiger partial charge is 0.365 e. The summed E-state index contributed by atoms with van der Waals surface area (Å²) in [6.07, 6.45) is 1.86. The SMILES string of the molecule is CC12CCC(C(=O)Nc3c(Cl)cccc3Cl)(CC1=NOC(=O)c1ccc(Br)cc1)C2(C)C. The minimum absolute atomic E-state index is 0.148. The molecule has 0 saturated heterocycles. The Morgan fingerprint density at radius 1 is 1.03 bits per heavy atom. The average molecular weight is 538 g/mol. The number of para-hydroxylation sites is 1. The van der Waals surface area contributed by atoms with Crippen LogP contribution in [-0.4, -0.2) is 17.6 Å². The van der Waals surface area contributed by atoms with Gasteiger partial charge in [-0.25, -0.2) is 4.79 Å². The Kier molecular flexibility index (Phi) is 5.93. The van der Waals surface area contributed by atoms with Crippen LogP contribution in [0.1, 0.15) is 50.4 Å². The molecule has 5 nitrogen and oxygen atoms in total. The molecule has 32 heavy (non-hydrogen) atoms. The van der Waals surface area contributed by atoms with Crippen molar-refractivity contribution in [3.63, 3.8) is 0 Å². The Labute approximate surface area is 205 Å². The summed E-state index contributed by atoms with van der Waals surface area (Å²) >= 11 is 15.9. The molecule has 0 spiro atoms. The number of oxime groups is 1. The van der Waals surface area contributed by atoms with Gasteiger partial charge in [-0.15, -0.1) is 0 Å². The summed E-state index contributed by atoms with van der Waals surface area (Å²) < 4.78 is 0.870. The van der Waals surface area contributed by atoms with Gasteiger partial charge in [0.2, 0.25) is 5.91 Å². The van der Waals surface area contributed by atoms with Crippen molar-refractivity contribution < 1.29 is 14.4 Å². The van der Waals surface area contributed by atoms with E-state index in [1.807, 2.05) is 0 Å². The van der Waals surface area contributed by atoms with Crippen LogP contribution in [0.5, 0.6) is 0 Å². The molecule has 1 N–H and O–H groups in total. The number of carbonyl (C=O) groups is 2. The maximum atomic E-state index is 13.6. The molecule has 0 heterocycles. The average Bonchev–Trinajstić information content (AvgIpc) is 3.05. The van der Waals surface area contributed by atoms with Crippen molar-refractivity contribution >= 4 is 62.4 Å². The van der Waals surface area contributed by atoms with Gasteiger partial charge in [-0.3, -0.25) is 4.79 Å². The third kappa shape index (κ3) is 3.47. The van der Waals surface area contributed by atoms with E-state index in [0.717, 1.165) is 16.6 Å². The van der Waals surface area contributed by atoms with Crippen LogP contribution >= 0.6 is 39.1 Å². The maximum absolute atomic E-state index is 13.6. The van der Waals surface area contributed by atoms with Crippen LogP contribution in [-0.2, 0) is 9.63 Å². The normalized spacial score (nSPS) is 26.9. The third-order valence-corrected chi connectivity index (χ3v) is 8.85. The number of hydrogen-bond donors (Lipinski definition) is 1. The number of rotatable bonds is 4. The summed E-state index contributed by atoms with van der Waals surface area (Å²) in [5, 5.41) is 7.99. The number of nitrogens with zero attached hydrogens (tertiary/aromatic N) is 1. The van der Waals surface area contributed by atoms with E-state index in [0.29, 0.717) is 34.1 Å². The van der Waals surface area contributed by atoms with Crippen molar-refractivity contribution in [3.05, 3.63) is 62.5 Å². The summed E-state index contributed by atoms with van der Waals surface area (Å²) in [5.41, 5.74) is 0.0276. The highest BCUT2D eigenvalue weighted by Gasteiger charge is 2.71. The molecule has 2 aromatic carbocycles. The van der Waals surface area contributed by atoms with Gasteiger partial charge >= 0.3 is 5.97 Å². The second-order valence-electron chi connectivity index (χ2n) is 9.19. The summed E-state index contributed by atoms with van der Waals surface area (Å²) in [5.74, 6) is -0.679. The van der Waals surface area contributed by atoms with Crippen LogP contribution in [0.2, 0.25) is 10.0 Å². The van der Waals surface area contributed by atoms with Crippen LogP contribution in [0.4, 0.5) is 5.69 Å². The fourth-order valence-corrected chi connectivity index (χ4v) is 5.86. The Hall–Kier alpha value is -1.89. The lowest BCUT2D eigenvalue weighted by Gasteiger charge is -2.39. The Balaban J connectivity index is 1.61. The number of halogens is 3. The van der Waals surface area contributed by atoms with Gasteiger partial charge in [0, 0.05) is 16.3 Å². The van der Waals surface area contributed by atoms with E-state index in [1.165, 1.54) is 0 Å². The predicted molar refractivity (Wildman–Crippen MR) is 130 cm³/mol. The first kappa shape index (κ1) is 23.3. The molecule has 2 aliphatic carbocycles. The molecule has 168 valence electrons. The van der Waals surface area contributed by atoms with Crippen molar-refractivity contribution in [1.82, 2.24) is 0 Å². The standard InChI is InChI=1S/C24H23BrCl2N2O3/c1-22(2)23(3)11-12-24(22,21(31)28-19-16(26)5-4-6-17(19)27)13-18(23)29-32-20(30)14-7-9-15(25)10-8-14/h4-10H,11-13H2,1-3H3,(H,28,31). The first-order chi connectivity index (χ1) is 15.0. The van der Waals surface area contributed by atoms with Crippen LogP contribution in [0, 0.1) is 16.2 Å². The highest BCUT2D eigenvalue weighted by Crippen LogP contribution is 2.71. The van der Waals surface area contributed by atoms with Crippen molar-refractivity contribution in [2.45, 2.75) is 40.0 Å². The molecular formula is C24H23BrCl2N2O3. The number of benzene rings is 2. The van der Waals surface area contributed by atoms with E-state index >= 15 is 0 Å². The molecule has 2 unspecified atom stereocenters. The molecule has 0 aliphatic heterocycles. The van der Waals surface area contributed by atoms with Crippen LogP contribution in [0.3, 0.4) is 0 Å². The smallest absolute Gasteiger partial charge is 0.323 e. The number of fused-ring (bicyclic) bond motifs is 2. The van der Waals surface area contributed by atoms with E-state index in [-0.39, 0.29) is 11.3 Å². The second-order valence-corrected chi connectivity index (χ2v) is 10.9. The molecular weight excluding hydrogens is 515 g/mol. The van der Waals surface area contributed by atoms with E-state index < -0.39 is 16.8 Å². The van der Waals surface area contributed by atoms with Gasteiger partial charge in [0.25, 0.3) is 0 Å². The lowest BCUT2D eigenvalue weighted by molar-refractivity contribution is -0.130. The summed E-state index contributed by atoms with van der Waals surface area (Å²) in [6, 6.07) is 12.0. The fourth-order valence-electron chi connectivity index (χ4n) is 5.11. The second kappa shape index (κ2) is 8.15. The molecule has 2 saturated carbocycles. The van der Waals surface area contributed by atoms with Gasteiger partial charge in [0.05, 0.1) is 32.4 Å². The molecule has 2 aromatic rings. The topological polar surface area (TPSA) is 67.8 Å². The zero-order chi connectivity index (χ0) is 23.3. The van der Waals surface area contributed by atoms with Gasteiger partial charge < -0.3 is 10.2 Å². The van der Waals surface area contributed by atoms with E-state index in [9.17, 15) is 9.59 Å². The molecule has 2 fully saturated rings. The monoisotopic (exact) mass is 536 g/mol. The number of anilines is 1. The van der Waals surface area contributed by atoms with Crippen LogP contribution in [0.15, 0.2) is 52.1 Å². The first-order valence-corrected chi connectivity index (χ1v) is 11.9. The Morgan fingerprint density at radius 2 is 1.66 bits per heavy atom. The summed E-state index contributed by atoms with van der Waals surface area (Å²) in [7, 11) is 0. The van der Waals surface area contributed by atoms with Crippen molar-refractivity contribution in [3.8, 4) is 0 Å². The lowest BCUT2D eigenvalue weighted by Crippen LogP contribution is -2.43. The predicted octanol–water partition coefficient (Wildman–Crippen LogP) is 7.12. The Bertz CT molecular complexity index is 1110. The molecule has 1 amide bonds. The molecule has 8 heteroatoms. The number of amides is 1. The zero-order valence-corrected chi connectivity index (χ0v) is 21.1. The van der Waals surface area contributed by atoms with Gasteiger partial charge in [-0.1, -0.05) is 71.1 Å². The highest BCUT2D eigenvalue weighted by atomic mass is 79.9. The van der Waals surface area contributed by atoms with Crippen molar-refractivity contribution in [2.75, 3.05) is 5.32 Å². The molecule has 0 aromatic heterocycles. The quantitative estimate of drug-likeness (QED) is 0.333. The minimum Gasteiger partial charge on any atom is -0.323 e. The highest BCUT2D eigenvalue weighted by molar-refractivity contribution is 9.10. The summed E-state index contributed by atoms with van der Waals surface area (Å²) in [6.45, 7) is 6.24. The minimum atomic E-state index is -0.715. The number of hydrogen-bond acceptors (Lipinski definition) is 4. The van der Waals surface area contributed by atoms with Crippen molar-refractivity contribution in [2.24, 2.45) is 21.4 Å². The van der Waals surface area contributed by atoms with Gasteiger partial charge in [0.1, 0.15) is 0 Å². The number of nitrogens with one attached hydrogen (secondary N) is 1.